The third-order valence-electron chi connectivity index (χ3n) is 4.20. The smallest absolute Gasteiger partial charge is 0.320 e. The number of aliphatic carboxylic acids is 1. The number of carboxylic acids is 1. The summed E-state index contributed by atoms with van der Waals surface area (Å²) in [7, 11) is 1.97. The molecule has 0 spiro atoms. The van der Waals surface area contributed by atoms with Crippen molar-refractivity contribution in [2.75, 3.05) is 20.1 Å². The summed E-state index contributed by atoms with van der Waals surface area (Å²) in [6, 6.07) is 0.672. The monoisotopic (exact) mass is 256 g/mol. The van der Waals surface area contributed by atoms with E-state index in [2.05, 4.69) is 23.6 Å². The first-order valence-corrected chi connectivity index (χ1v) is 7.16. The van der Waals surface area contributed by atoms with Crippen LogP contribution in [0.3, 0.4) is 0 Å². The minimum Gasteiger partial charge on any atom is -0.480 e. The topological polar surface area (TPSA) is 43.8 Å². The van der Waals surface area contributed by atoms with Crippen molar-refractivity contribution in [3.8, 4) is 0 Å². The fraction of sp³-hybridized carbons (Fsp3) is 0.929. The van der Waals surface area contributed by atoms with Crippen molar-refractivity contribution >= 4 is 5.97 Å². The van der Waals surface area contributed by atoms with Crippen molar-refractivity contribution < 1.29 is 9.90 Å². The zero-order valence-electron chi connectivity index (χ0n) is 12.2. The third kappa shape index (κ3) is 3.95. The highest BCUT2D eigenvalue weighted by Gasteiger charge is 2.28. The molecule has 1 aliphatic rings. The van der Waals surface area contributed by atoms with Crippen LogP contribution in [-0.2, 0) is 4.79 Å². The van der Waals surface area contributed by atoms with Gasteiger partial charge >= 0.3 is 5.97 Å². The normalized spacial score (nSPS) is 24.2. The molecule has 18 heavy (non-hydrogen) atoms. The maximum Gasteiger partial charge on any atom is 0.320 e. The van der Waals surface area contributed by atoms with E-state index >= 15 is 0 Å². The lowest BCUT2D eigenvalue weighted by atomic mass is 10.0. The SMILES string of the molecule is CCC(C(=O)O)N(C)C1CCCN(C(C)C)CC1. The summed E-state index contributed by atoms with van der Waals surface area (Å²) in [5.74, 6) is -0.690. The van der Waals surface area contributed by atoms with Crippen molar-refractivity contribution in [1.82, 2.24) is 9.80 Å². The number of hydrogen-bond acceptors (Lipinski definition) is 3. The highest BCUT2D eigenvalue weighted by Crippen LogP contribution is 2.20. The van der Waals surface area contributed by atoms with Gasteiger partial charge in [-0.2, -0.15) is 0 Å². The molecule has 0 radical (unpaired) electrons. The van der Waals surface area contributed by atoms with Crippen LogP contribution in [0.25, 0.3) is 0 Å². The van der Waals surface area contributed by atoms with Crippen LogP contribution in [0, 0.1) is 0 Å². The van der Waals surface area contributed by atoms with Gasteiger partial charge in [0.15, 0.2) is 0 Å². The molecule has 1 aliphatic heterocycles. The van der Waals surface area contributed by atoms with Gasteiger partial charge < -0.3 is 10.0 Å². The zero-order valence-corrected chi connectivity index (χ0v) is 12.2. The van der Waals surface area contributed by atoms with E-state index in [0.29, 0.717) is 18.5 Å². The molecule has 0 aromatic rings. The largest absolute Gasteiger partial charge is 0.480 e. The van der Waals surface area contributed by atoms with Gasteiger partial charge in [-0.3, -0.25) is 9.69 Å². The number of hydrogen-bond donors (Lipinski definition) is 1. The zero-order chi connectivity index (χ0) is 13.7. The molecule has 1 fully saturated rings. The van der Waals surface area contributed by atoms with Gasteiger partial charge in [0.1, 0.15) is 6.04 Å². The van der Waals surface area contributed by atoms with Crippen molar-refractivity contribution in [1.29, 1.82) is 0 Å². The minimum atomic E-state index is -0.690. The quantitative estimate of drug-likeness (QED) is 0.817. The molecular formula is C14H28N2O2. The molecular weight excluding hydrogens is 228 g/mol. The number of rotatable bonds is 5. The fourth-order valence-electron chi connectivity index (χ4n) is 2.92. The van der Waals surface area contributed by atoms with Crippen LogP contribution in [-0.4, -0.2) is 59.1 Å². The summed E-state index contributed by atoms with van der Waals surface area (Å²) in [4.78, 5) is 15.8. The first-order valence-electron chi connectivity index (χ1n) is 7.16. The van der Waals surface area contributed by atoms with Crippen LogP contribution in [0.2, 0.25) is 0 Å². The van der Waals surface area contributed by atoms with E-state index in [-0.39, 0.29) is 6.04 Å². The summed E-state index contributed by atoms with van der Waals surface area (Å²) >= 11 is 0. The molecule has 0 bridgehead atoms. The predicted octanol–water partition coefficient (Wildman–Crippen LogP) is 2.04. The van der Waals surface area contributed by atoms with Gasteiger partial charge in [0.25, 0.3) is 0 Å². The maximum atomic E-state index is 11.2. The maximum absolute atomic E-state index is 11.2. The Labute approximate surface area is 111 Å². The summed E-state index contributed by atoms with van der Waals surface area (Å²) < 4.78 is 0. The highest BCUT2D eigenvalue weighted by atomic mass is 16.4. The first-order chi connectivity index (χ1) is 8.47. The lowest BCUT2D eigenvalue weighted by molar-refractivity contribution is -0.143. The van der Waals surface area contributed by atoms with Crippen LogP contribution in [0.1, 0.15) is 46.5 Å². The molecule has 106 valence electrons. The average Bonchev–Trinajstić information content (AvgIpc) is 2.54. The third-order valence-corrected chi connectivity index (χ3v) is 4.20. The van der Waals surface area contributed by atoms with Crippen LogP contribution in [0.4, 0.5) is 0 Å². The second-order valence-corrected chi connectivity index (χ2v) is 5.64. The predicted molar refractivity (Wildman–Crippen MR) is 73.8 cm³/mol. The first kappa shape index (κ1) is 15.4. The molecule has 4 heteroatoms. The molecule has 0 saturated carbocycles. The molecule has 1 heterocycles. The summed E-state index contributed by atoms with van der Waals surface area (Å²) in [5, 5.41) is 9.23. The van der Waals surface area contributed by atoms with Gasteiger partial charge in [-0.25, -0.2) is 0 Å². The van der Waals surface area contributed by atoms with E-state index < -0.39 is 5.97 Å². The van der Waals surface area contributed by atoms with Gasteiger partial charge in [0, 0.05) is 12.1 Å². The molecule has 1 N–H and O–H groups in total. The van der Waals surface area contributed by atoms with Gasteiger partial charge in [0.05, 0.1) is 0 Å². The number of carboxylic acid groups (broad SMARTS) is 1. The highest BCUT2D eigenvalue weighted by molar-refractivity contribution is 5.73. The Hall–Kier alpha value is -0.610. The molecule has 4 nitrogen and oxygen atoms in total. The van der Waals surface area contributed by atoms with E-state index in [9.17, 15) is 9.90 Å². The molecule has 2 unspecified atom stereocenters. The van der Waals surface area contributed by atoms with Gasteiger partial charge in [-0.05, 0) is 59.7 Å². The Morgan fingerprint density at radius 3 is 2.56 bits per heavy atom. The molecule has 0 aliphatic carbocycles. The van der Waals surface area contributed by atoms with Crippen LogP contribution >= 0.6 is 0 Å². The lowest BCUT2D eigenvalue weighted by Gasteiger charge is -2.32. The Morgan fingerprint density at radius 1 is 1.39 bits per heavy atom. The van der Waals surface area contributed by atoms with Crippen LogP contribution in [0.15, 0.2) is 0 Å². The molecule has 0 amide bonds. The second kappa shape index (κ2) is 7.10. The van der Waals surface area contributed by atoms with Crippen LogP contribution in [0.5, 0.6) is 0 Å². The number of likely N-dealkylation sites (tertiary alicyclic amines) is 1. The Kier molecular flexibility index (Phi) is 6.09. The van der Waals surface area contributed by atoms with E-state index in [1.165, 1.54) is 6.42 Å². The molecule has 0 aromatic carbocycles. The van der Waals surface area contributed by atoms with Crippen molar-refractivity contribution in [3.05, 3.63) is 0 Å². The Balaban J connectivity index is 2.59. The van der Waals surface area contributed by atoms with E-state index in [1.807, 2.05) is 14.0 Å². The van der Waals surface area contributed by atoms with Crippen LogP contribution < -0.4 is 0 Å². The fourth-order valence-corrected chi connectivity index (χ4v) is 2.92. The van der Waals surface area contributed by atoms with Crippen molar-refractivity contribution in [2.24, 2.45) is 0 Å². The van der Waals surface area contributed by atoms with Gasteiger partial charge in [0.2, 0.25) is 0 Å². The summed E-state index contributed by atoms with van der Waals surface area (Å²) in [6.45, 7) is 8.65. The lowest BCUT2D eigenvalue weighted by Crippen LogP contribution is -2.45. The number of carbonyl (C=O) groups is 1. The standard InChI is InChI=1S/C14H28N2O2/c1-5-13(14(17)18)15(4)12-7-6-9-16(10-8-12)11(2)3/h11-13H,5-10H2,1-4H3,(H,17,18). The molecule has 1 rings (SSSR count). The van der Waals surface area contributed by atoms with E-state index in [0.717, 1.165) is 25.9 Å². The number of nitrogens with zero attached hydrogens (tertiary/aromatic N) is 2. The molecule has 0 aromatic heterocycles. The molecule has 2 atom stereocenters. The Morgan fingerprint density at radius 2 is 2.06 bits per heavy atom. The average molecular weight is 256 g/mol. The minimum absolute atomic E-state index is 0.333. The Bertz CT molecular complexity index is 269. The second-order valence-electron chi connectivity index (χ2n) is 5.64. The van der Waals surface area contributed by atoms with Gasteiger partial charge in [-0.15, -0.1) is 0 Å². The summed E-state index contributed by atoms with van der Waals surface area (Å²) in [6.07, 6.45) is 4.04. The van der Waals surface area contributed by atoms with Crippen molar-refractivity contribution in [3.63, 3.8) is 0 Å². The summed E-state index contributed by atoms with van der Waals surface area (Å²) in [5.41, 5.74) is 0. The van der Waals surface area contributed by atoms with E-state index in [1.54, 1.807) is 0 Å². The van der Waals surface area contributed by atoms with E-state index in [4.69, 9.17) is 0 Å². The molecule has 1 saturated heterocycles. The van der Waals surface area contributed by atoms with Crippen molar-refractivity contribution in [2.45, 2.75) is 64.6 Å². The van der Waals surface area contributed by atoms with Gasteiger partial charge in [-0.1, -0.05) is 6.92 Å². The number of likely N-dealkylation sites (N-methyl/N-ethyl adjacent to an activating group) is 1.